The summed E-state index contributed by atoms with van der Waals surface area (Å²) in [5.74, 6) is -0.254. The Morgan fingerprint density at radius 1 is 1.29 bits per heavy atom. The molecule has 0 saturated carbocycles. The number of hydrogen-bond donors (Lipinski definition) is 2. The molecule has 0 aliphatic rings. The van der Waals surface area contributed by atoms with Crippen LogP contribution in [0, 0.1) is 20.3 Å². The zero-order valence-corrected chi connectivity index (χ0v) is 13.9. The van der Waals surface area contributed by atoms with E-state index < -0.39 is 17.3 Å². The Morgan fingerprint density at radius 3 is 2.50 bits per heavy atom. The highest BCUT2D eigenvalue weighted by Crippen LogP contribution is 2.34. The summed E-state index contributed by atoms with van der Waals surface area (Å²) in [5, 5.41) is 9.59. The van der Waals surface area contributed by atoms with Crippen LogP contribution in [0.2, 0.25) is 0 Å². The van der Waals surface area contributed by atoms with Gasteiger partial charge in [-0.25, -0.2) is 4.98 Å². The Bertz CT molecular complexity index is 720. The first-order valence-corrected chi connectivity index (χ1v) is 7.20. The van der Waals surface area contributed by atoms with E-state index >= 15 is 0 Å². The summed E-state index contributed by atoms with van der Waals surface area (Å²) in [6.45, 7) is 9.65. The van der Waals surface area contributed by atoms with E-state index in [1.807, 2.05) is 27.2 Å². The molecule has 2 radical (unpaired) electrons. The van der Waals surface area contributed by atoms with Crippen LogP contribution >= 0.6 is 0 Å². The molecule has 2 aromatic heterocycles. The van der Waals surface area contributed by atoms with Gasteiger partial charge in [-0.05, 0) is 27.2 Å². The van der Waals surface area contributed by atoms with E-state index in [2.05, 4.69) is 32.6 Å². The van der Waals surface area contributed by atoms with Gasteiger partial charge in [-0.1, -0.05) is 6.92 Å². The van der Waals surface area contributed by atoms with Crippen LogP contribution in [0.4, 0.5) is 30.6 Å². The van der Waals surface area contributed by atoms with E-state index in [4.69, 9.17) is 0 Å². The summed E-state index contributed by atoms with van der Waals surface area (Å²) in [5.41, 5.74) is -0.108. The Labute approximate surface area is 138 Å². The lowest BCUT2D eigenvalue weighted by molar-refractivity contribution is -0.137. The van der Waals surface area contributed by atoms with Crippen molar-refractivity contribution >= 4 is 17.5 Å². The smallest absolute Gasteiger partial charge is 0.372 e. The van der Waals surface area contributed by atoms with Crippen molar-refractivity contribution in [3.05, 3.63) is 37.0 Å². The monoisotopic (exact) mass is 340 g/mol. The molecule has 0 aliphatic heterocycles. The molecule has 0 saturated heterocycles. The molecule has 130 valence electrons. The number of anilines is 3. The third kappa shape index (κ3) is 3.44. The maximum Gasteiger partial charge on any atom is 0.421 e. The lowest BCUT2D eigenvalue weighted by Gasteiger charge is -2.24. The third-order valence-electron chi connectivity index (χ3n) is 3.69. The number of nitrogens with one attached hydrogen (secondary N) is 2. The van der Waals surface area contributed by atoms with Crippen molar-refractivity contribution in [1.82, 2.24) is 19.7 Å². The molecule has 0 aromatic carbocycles. The zero-order valence-electron chi connectivity index (χ0n) is 13.9. The molecule has 2 aromatic rings. The van der Waals surface area contributed by atoms with Crippen molar-refractivity contribution in [2.45, 2.75) is 32.5 Å². The molecule has 0 bridgehead atoms. The quantitative estimate of drug-likeness (QED) is 0.871. The van der Waals surface area contributed by atoms with Gasteiger partial charge >= 0.3 is 6.18 Å². The highest BCUT2D eigenvalue weighted by atomic mass is 19.4. The molecule has 0 spiro atoms. The molecular formula is C15H19F3N6. The summed E-state index contributed by atoms with van der Waals surface area (Å²) in [6, 6.07) is 0. The summed E-state index contributed by atoms with van der Waals surface area (Å²) < 4.78 is 40.3. The minimum Gasteiger partial charge on any atom is -0.372 e. The Hall–Kier alpha value is -2.32. The lowest BCUT2D eigenvalue weighted by Crippen LogP contribution is -2.28. The lowest BCUT2D eigenvalue weighted by atomic mass is 10.0. The second-order valence-corrected chi connectivity index (χ2v) is 5.53. The van der Waals surface area contributed by atoms with Gasteiger partial charge in [0.05, 0.1) is 23.1 Å². The first-order chi connectivity index (χ1) is 11.1. The van der Waals surface area contributed by atoms with Gasteiger partial charge in [0.15, 0.2) is 0 Å². The predicted molar refractivity (Wildman–Crippen MR) is 85.8 cm³/mol. The SMILES string of the molecule is [CH2]C(C)([CH]C)n1ncc(Nc2ncc(C(F)(F)F)c(NC)n2)c1C. The van der Waals surface area contributed by atoms with Crippen LogP contribution in [0.3, 0.4) is 0 Å². The van der Waals surface area contributed by atoms with Crippen molar-refractivity contribution in [2.75, 3.05) is 17.7 Å². The Morgan fingerprint density at radius 2 is 1.96 bits per heavy atom. The minimum atomic E-state index is -4.52. The van der Waals surface area contributed by atoms with E-state index in [1.54, 1.807) is 10.9 Å². The molecular weight excluding hydrogens is 321 g/mol. The number of alkyl halides is 3. The zero-order chi connectivity index (χ0) is 18.1. The maximum absolute atomic E-state index is 12.9. The first kappa shape index (κ1) is 18.0. The van der Waals surface area contributed by atoms with Gasteiger partial charge in [0.1, 0.15) is 11.4 Å². The van der Waals surface area contributed by atoms with Crippen LogP contribution in [-0.4, -0.2) is 26.8 Å². The molecule has 0 fully saturated rings. The summed E-state index contributed by atoms with van der Waals surface area (Å²) in [7, 11) is 1.37. The molecule has 1 unspecified atom stereocenters. The summed E-state index contributed by atoms with van der Waals surface area (Å²) in [6.07, 6.45) is -0.330. The number of halogens is 3. The van der Waals surface area contributed by atoms with Gasteiger partial charge in [0.25, 0.3) is 0 Å². The van der Waals surface area contributed by atoms with Gasteiger partial charge in [-0.2, -0.15) is 23.3 Å². The fourth-order valence-corrected chi connectivity index (χ4v) is 2.13. The average Bonchev–Trinajstić information content (AvgIpc) is 2.87. The van der Waals surface area contributed by atoms with Crippen LogP contribution in [0.1, 0.15) is 25.1 Å². The Kier molecular flexibility index (Phi) is 4.73. The van der Waals surface area contributed by atoms with Crippen molar-refractivity contribution in [3.63, 3.8) is 0 Å². The van der Waals surface area contributed by atoms with Crippen LogP contribution in [-0.2, 0) is 11.7 Å². The van der Waals surface area contributed by atoms with Crippen molar-refractivity contribution in [2.24, 2.45) is 0 Å². The van der Waals surface area contributed by atoms with Crippen LogP contribution < -0.4 is 10.6 Å². The van der Waals surface area contributed by atoms with E-state index in [0.29, 0.717) is 5.69 Å². The number of nitrogens with zero attached hydrogens (tertiary/aromatic N) is 4. The number of aromatic nitrogens is 4. The maximum atomic E-state index is 12.9. The molecule has 2 N–H and O–H groups in total. The first-order valence-electron chi connectivity index (χ1n) is 7.20. The van der Waals surface area contributed by atoms with Crippen molar-refractivity contribution in [3.8, 4) is 0 Å². The van der Waals surface area contributed by atoms with Gasteiger partial charge in [-0.3, -0.25) is 4.68 Å². The highest BCUT2D eigenvalue weighted by molar-refractivity contribution is 5.58. The third-order valence-corrected chi connectivity index (χ3v) is 3.69. The van der Waals surface area contributed by atoms with Gasteiger partial charge in [0, 0.05) is 13.2 Å². The van der Waals surface area contributed by atoms with E-state index in [0.717, 1.165) is 11.9 Å². The number of hydrogen-bond acceptors (Lipinski definition) is 5. The van der Waals surface area contributed by atoms with E-state index in [1.165, 1.54) is 7.05 Å². The Balaban J connectivity index is 2.33. The van der Waals surface area contributed by atoms with Gasteiger partial charge in [-0.15, -0.1) is 0 Å². The second kappa shape index (κ2) is 6.29. The molecule has 2 rings (SSSR count). The fourth-order valence-electron chi connectivity index (χ4n) is 2.13. The number of rotatable bonds is 5. The van der Waals surface area contributed by atoms with Gasteiger partial charge in [0.2, 0.25) is 5.95 Å². The molecule has 0 amide bonds. The van der Waals surface area contributed by atoms with Crippen molar-refractivity contribution in [1.29, 1.82) is 0 Å². The van der Waals surface area contributed by atoms with E-state index in [9.17, 15) is 13.2 Å². The molecule has 1 atom stereocenters. The highest BCUT2D eigenvalue weighted by Gasteiger charge is 2.35. The second-order valence-electron chi connectivity index (χ2n) is 5.53. The topological polar surface area (TPSA) is 67.7 Å². The minimum absolute atomic E-state index is 0.0428. The molecule has 2 heterocycles. The fraction of sp³-hybridized carbons (Fsp3) is 0.400. The normalized spacial score (nSPS) is 12.3. The standard InChI is InChI=1S/C15H19F3N6/c1-6-14(3,4)24-9(2)11(8-21-24)22-13-20-7-10(15(16,17)18)12(19-5)23-13/h6-8H,3H2,1-2,4-5H3,(H2,19,20,22,23). The van der Waals surface area contributed by atoms with Crippen molar-refractivity contribution < 1.29 is 13.2 Å². The molecule has 0 aliphatic carbocycles. The predicted octanol–water partition coefficient (Wildman–Crippen LogP) is 3.56. The van der Waals surface area contributed by atoms with E-state index in [-0.39, 0.29) is 11.8 Å². The molecule has 6 nitrogen and oxygen atoms in total. The van der Waals surface area contributed by atoms with Crippen LogP contribution in [0.15, 0.2) is 12.4 Å². The summed E-state index contributed by atoms with van der Waals surface area (Å²) >= 11 is 0. The molecule has 24 heavy (non-hydrogen) atoms. The largest absolute Gasteiger partial charge is 0.421 e. The van der Waals surface area contributed by atoms with Gasteiger partial charge < -0.3 is 10.6 Å². The van der Waals surface area contributed by atoms with Crippen LogP contribution in [0.25, 0.3) is 0 Å². The molecule has 9 heteroatoms. The average molecular weight is 340 g/mol. The van der Waals surface area contributed by atoms with Crippen LogP contribution in [0.5, 0.6) is 0 Å². The summed E-state index contributed by atoms with van der Waals surface area (Å²) in [4.78, 5) is 7.61.